The molecule has 0 saturated heterocycles. The summed E-state index contributed by atoms with van der Waals surface area (Å²) in [6.07, 6.45) is -4.67. The minimum Gasteiger partial charge on any atom is -0.671 e. The van der Waals surface area contributed by atoms with E-state index in [4.69, 9.17) is 21.4 Å². The molecule has 1 aromatic carbocycles. The molecule has 0 unspecified atom stereocenters. The first kappa shape index (κ1) is 18.1. The lowest BCUT2D eigenvalue weighted by Crippen LogP contribution is -2.37. The third-order valence-corrected chi connectivity index (χ3v) is 2.12. The maximum Gasteiger partial charge on any atom is 0.430 e. The monoisotopic (exact) mass is 290 g/mol. The van der Waals surface area contributed by atoms with Gasteiger partial charge in [-0.1, -0.05) is 36.9 Å². The lowest BCUT2D eigenvalue weighted by Gasteiger charge is -2.11. The van der Waals surface area contributed by atoms with Crippen LogP contribution in [-0.2, 0) is 16.0 Å². The summed E-state index contributed by atoms with van der Waals surface area (Å²) in [5.74, 6) is -3.21. The van der Waals surface area contributed by atoms with Crippen molar-refractivity contribution in [3.63, 3.8) is 0 Å². The first-order valence-corrected chi connectivity index (χ1v) is 5.43. The molecule has 3 N–H and O–H groups in total. The van der Waals surface area contributed by atoms with Crippen LogP contribution in [-0.4, -0.2) is 30.5 Å². The SMILES string of the molecule is O=C([O-])C(F)(F)F.[NH-]CC(=O)[C@@H](N)Cc1ccccc1. The van der Waals surface area contributed by atoms with Crippen LogP contribution in [0.4, 0.5) is 13.2 Å². The van der Waals surface area contributed by atoms with Crippen LogP contribution in [0.3, 0.4) is 0 Å². The van der Waals surface area contributed by atoms with E-state index in [1.165, 1.54) is 0 Å². The normalized spacial score (nSPS) is 12.1. The fraction of sp³-hybridized carbons (Fsp3) is 0.333. The number of carbonyl (C=O) groups excluding carboxylic acids is 2. The summed E-state index contributed by atoms with van der Waals surface area (Å²) in [4.78, 5) is 19.8. The molecule has 1 aromatic rings. The van der Waals surface area contributed by atoms with Crippen LogP contribution in [0, 0.1) is 0 Å². The summed E-state index contributed by atoms with van der Waals surface area (Å²) in [6.45, 7) is -0.228. The summed E-state index contributed by atoms with van der Waals surface area (Å²) in [5, 5.41) is 8.78. The number of hydrogen-bond donors (Lipinski definition) is 1. The molecule has 0 bridgehead atoms. The fourth-order valence-electron chi connectivity index (χ4n) is 1.11. The van der Waals surface area contributed by atoms with Crippen LogP contribution < -0.4 is 10.8 Å². The van der Waals surface area contributed by atoms with E-state index in [0.717, 1.165) is 5.56 Å². The first-order valence-electron chi connectivity index (χ1n) is 5.43. The number of rotatable bonds is 4. The highest BCUT2D eigenvalue weighted by molar-refractivity contribution is 5.86. The second-order valence-corrected chi connectivity index (χ2v) is 3.72. The summed E-state index contributed by atoms with van der Waals surface area (Å²) in [7, 11) is 0. The topological polar surface area (TPSA) is 107 Å². The Bertz CT molecular complexity index is 435. The number of ketones is 1. The average molecular weight is 290 g/mol. The zero-order chi connectivity index (χ0) is 15.8. The van der Waals surface area contributed by atoms with E-state index in [9.17, 15) is 18.0 Å². The van der Waals surface area contributed by atoms with Gasteiger partial charge in [-0.05, 0) is 12.0 Å². The maximum absolute atomic E-state index is 11.0. The molecule has 1 rings (SSSR count). The number of alkyl halides is 3. The molecule has 0 aromatic heterocycles. The fourth-order valence-corrected chi connectivity index (χ4v) is 1.11. The Morgan fingerprint density at radius 3 is 2.05 bits per heavy atom. The lowest BCUT2D eigenvalue weighted by molar-refractivity contribution is -0.344. The van der Waals surface area contributed by atoms with Gasteiger partial charge in [-0.15, -0.1) is 0 Å². The summed E-state index contributed by atoms with van der Waals surface area (Å²) in [5.41, 5.74) is 13.5. The minimum atomic E-state index is -5.19. The number of carboxylic acid groups (broad SMARTS) is 1. The smallest absolute Gasteiger partial charge is 0.430 e. The molecule has 112 valence electrons. The highest BCUT2D eigenvalue weighted by Crippen LogP contribution is 2.11. The molecule has 0 spiro atoms. The Hall–Kier alpha value is -1.93. The standard InChI is InChI=1S/C10H13N2O.C2HF3O2/c11-7-10(13)9(12)6-8-4-2-1-3-5-8;3-2(4,5)1(6)7/h1-5,9,11H,6-7,12H2;(H,6,7)/q-1;/p-1/t9-;/m0./s1. The zero-order valence-electron chi connectivity index (χ0n) is 10.3. The molecule has 0 aliphatic heterocycles. The van der Waals surface area contributed by atoms with Crippen LogP contribution in [0.25, 0.3) is 5.73 Å². The Morgan fingerprint density at radius 1 is 1.25 bits per heavy atom. The van der Waals surface area contributed by atoms with Gasteiger partial charge in [0.25, 0.3) is 0 Å². The number of aliphatic carboxylic acids is 1. The zero-order valence-corrected chi connectivity index (χ0v) is 10.3. The molecule has 0 aliphatic rings. The van der Waals surface area contributed by atoms with E-state index < -0.39 is 18.2 Å². The molecule has 20 heavy (non-hydrogen) atoms. The third kappa shape index (κ3) is 7.49. The number of halogens is 3. The van der Waals surface area contributed by atoms with Crippen molar-refractivity contribution >= 4 is 11.8 Å². The van der Waals surface area contributed by atoms with E-state index in [0.29, 0.717) is 6.42 Å². The molecule has 5 nitrogen and oxygen atoms in total. The first-order chi connectivity index (χ1) is 9.18. The van der Waals surface area contributed by atoms with Crippen molar-refractivity contribution in [2.75, 3.05) is 6.54 Å². The molecular formula is C12H13F3N2O3-2. The van der Waals surface area contributed by atoms with Gasteiger partial charge in [-0.3, -0.25) is 4.79 Å². The second-order valence-electron chi connectivity index (χ2n) is 3.72. The van der Waals surface area contributed by atoms with Crippen LogP contribution in [0.5, 0.6) is 0 Å². The van der Waals surface area contributed by atoms with E-state index >= 15 is 0 Å². The highest BCUT2D eigenvalue weighted by Gasteiger charge is 2.28. The Balaban J connectivity index is 0.000000441. The number of Topliss-reactive ketones (excluding diaryl/α,β-unsaturated/α-hetero) is 1. The van der Waals surface area contributed by atoms with Crippen molar-refractivity contribution in [2.45, 2.75) is 18.6 Å². The second kappa shape index (κ2) is 8.28. The van der Waals surface area contributed by atoms with Crippen molar-refractivity contribution < 1.29 is 27.9 Å². The van der Waals surface area contributed by atoms with Crippen LogP contribution >= 0.6 is 0 Å². The van der Waals surface area contributed by atoms with Gasteiger partial charge in [0.2, 0.25) is 0 Å². The van der Waals surface area contributed by atoms with Gasteiger partial charge in [0.1, 0.15) is 11.8 Å². The summed E-state index contributed by atoms with van der Waals surface area (Å²) < 4.78 is 31.5. The van der Waals surface area contributed by atoms with Gasteiger partial charge >= 0.3 is 6.18 Å². The van der Waals surface area contributed by atoms with Crippen molar-refractivity contribution in [2.24, 2.45) is 5.73 Å². The predicted octanol–water partition coefficient (Wildman–Crippen LogP) is 0.476. The van der Waals surface area contributed by atoms with Crippen LogP contribution in [0.2, 0.25) is 0 Å². The largest absolute Gasteiger partial charge is 0.671 e. The molecule has 0 heterocycles. The van der Waals surface area contributed by atoms with Gasteiger partial charge in [0.05, 0.1) is 6.04 Å². The molecule has 0 radical (unpaired) electrons. The highest BCUT2D eigenvalue weighted by atomic mass is 19.4. The number of carboxylic acids is 1. The van der Waals surface area contributed by atoms with E-state index in [1.54, 1.807) is 0 Å². The van der Waals surface area contributed by atoms with Gasteiger partial charge in [-0.2, -0.15) is 13.2 Å². The van der Waals surface area contributed by atoms with Crippen molar-refractivity contribution in [3.05, 3.63) is 41.6 Å². The molecule has 1 atom stereocenters. The van der Waals surface area contributed by atoms with Gasteiger partial charge in [0, 0.05) is 0 Å². The Labute approximate surface area is 113 Å². The molecule has 0 amide bonds. The number of carbonyl (C=O) groups is 2. The van der Waals surface area contributed by atoms with E-state index in [2.05, 4.69) is 0 Å². The Kier molecular flexibility index (Phi) is 7.48. The number of hydrogen-bond acceptors (Lipinski definition) is 4. The number of nitrogens with one attached hydrogen (secondary N) is 1. The predicted molar refractivity (Wildman–Crippen MR) is 63.4 cm³/mol. The lowest BCUT2D eigenvalue weighted by atomic mass is 10.0. The van der Waals surface area contributed by atoms with Crippen molar-refractivity contribution in [1.29, 1.82) is 0 Å². The van der Waals surface area contributed by atoms with E-state index in [1.807, 2.05) is 30.3 Å². The van der Waals surface area contributed by atoms with Crippen LogP contribution in [0.1, 0.15) is 5.56 Å². The van der Waals surface area contributed by atoms with Crippen LogP contribution in [0.15, 0.2) is 30.3 Å². The Morgan fingerprint density at radius 2 is 1.70 bits per heavy atom. The van der Waals surface area contributed by atoms with E-state index in [-0.39, 0.29) is 12.3 Å². The van der Waals surface area contributed by atoms with Crippen molar-refractivity contribution in [3.8, 4) is 0 Å². The number of nitrogens with two attached hydrogens (primary N) is 1. The summed E-state index contributed by atoms with van der Waals surface area (Å²) >= 11 is 0. The summed E-state index contributed by atoms with van der Waals surface area (Å²) in [6, 6.07) is 9.07. The molecule has 0 fully saturated rings. The number of benzene rings is 1. The quantitative estimate of drug-likeness (QED) is 0.869. The van der Waals surface area contributed by atoms with Crippen molar-refractivity contribution in [1.82, 2.24) is 0 Å². The van der Waals surface area contributed by atoms with Gasteiger partial charge in [0.15, 0.2) is 0 Å². The average Bonchev–Trinajstić information content (AvgIpc) is 2.38. The maximum atomic E-state index is 11.0. The molecular weight excluding hydrogens is 277 g/mol. The third-order valence-electron chi connectivity index (χ3n) is 2.12. The minimum absolute atomic E-state index is 0.205. The molecule has 0 aliphatic carbocycles. The molecule has 0 saturated carbocycles. The van der Waals surface area contributed by atoms with Gasteiger partial charge < -0.3 is 21.4 Å². The molecule has 8 heteroatoms. The van der Waals surface area contributed by atoms with Gasteiger partial charge in [-0.25, -0.2) is 0 Å².